The molecule has 1 fully saturated rings. The van der Waals surface area contributed by atoms with E-state index in [4.69, 9.17) is 4.74 Å². The van der Waals surface area contributed by atoms with Crippen molar-refractivity contribution in [3.05, 3.63) is 87.8 Å². The zero-order chi connectivity index (χ0) is 22.7. The van der Waals surface area contributed by atoms with E-state index in [0.29, 0.717) is 31.7 Å². The molecule has 0 unspecified atom stereocenters. The highest BCUT2D eigenvalue weighted by Gasteiger charge is 2.29. The summed E-state index contributed by atoms with van der Waals surface area (Å²) in [5.41, 5.74) is 3.46. The third kappa shape index (κ3) is 4.54. The maximum absolute atomic E-state index is 13.3. The molecule has 168 valence electrons. The predicted octanol–water partition coefficient (Wildman–Crippen LogP) is 2.34. The fourth-order valence-electron chi connectivity index (χ4n) is 4.30. The second-order valence-corrected chi connectivity index (χ2v) is 8.33. The summed E-state index contributed by atoms with van der Waals surface area (Å²) in [5.74, 6) is 0.0466. The minimum atomic E-state index is -0.120. The molecule has 0 spiro atoms. The first kappa shape index (κ1) is 22.0. The molecule has 1 aliphatic rings. The third-order valence-corrected chi connectivity index (χ3v) is 6.20. The first-order valence-corrected chi connectivity index (χ1v) is 10.9. The maximum atomic E-state index is 13.3. The minimum Gasteiger partial charge on any atom is -0.378 e. The summed E-state index contributed by atoms with van der Waals surface area (Å²) in [5, 5.41) is 0. The topological polar surface area (TPSA) is 59.7 Å². The summed E-state index contributed by atoms with van der Waals surface area (Å²) in [4.78, 5) is 30.3. The van der Waals surface area contributed by atoms with Gasteiger partial charge >= 0.3 is 0 Å². The smallest absolute Gasteiger partial charge is 0.276 e. The van der Waals surface area contributed by atoms with E-state index in [1.807, 2.05) is 89.1 Å². The van der Waals surface area contributed by atoms with E-state index in [-0.39, 0.29) is 24.1 Å². The number of rotatable bonds is 6. The van der Waals surface area contributed by atoms with E-state index in [1.54, 1.807) is 11.8 Å². The van der Waals surface area contributed by atoms with Crippen molar-refractivity contribution in [1.29, 1.82) is 0 Å². The van der Waals surface area contributed by atoms with Crippen LogP contribution in [0.4, 0.5) is 0 Å². The summed E-state index contributed by atoms with van der Waals surface area (Å²) in [7, 11) is 3.57. The Morgan fingerprint density at radius 1 is 0.938 bits per heavy atom. The van der Waals surface area contributed by atoms with Crippen molar-refractivity contribution in [2.45, 2.75) is 26.1 Å². The van der Waals surface area contributed by atoms with Crippen LogP contribution in [0, 0.1) is 6.92 Å². The molecule has 0 N–H and O–H groups in total. The lowest BCUT2D eigenvalue weighted by atomic mass is 10.2. The molecule has 0 aliphatic carbocycles. The van der Waals surface area contributed by atoms with Gasteiger partial charge in [-0.25, -0.2) is 4.68 Å². The lowest BCUT2D eigenvalue weighted by Crippen LogP contribution is -2.37. The summed E-state index contributed by atoms with van der Waals surface area (Å²) in [6, 6.07) is 19.6. The van der Waals surface area contributed by atoms with Gasteiger partial charge < -0.3 is 9.64 Å². The molecule has 32 heavy (non-hydrogen) atoms. The van der Waals surface area contributed by atoms with Crippen LogP contribution >= 0.6 is 0 Å². The summed E-state index contributed by atoms with van der Waals surface area (Å²) < 4.78 is 9.25. The van der Waals surface area contributed by atoms with Crippen LogP contribution in [0.25, 0.3) is 5.69 Å². The largest absolute Gasteiger partial charge is 0.378 e. The molecular weight excluding hydrogens is 404 g/mol. The van der Waals surface area contributed by atoms with Crippen molar-refractivity contribution in [2.75, 3.05) is 26.7 Å². The van der Waals surface area contributed by atoms with Gasteiger partial charge in [-0.1, -0.05) is 48.5 Å². The van der Waals surface area contributed by atoms with Gasteiger partial charge in [0.1, 0.15) is 0 Å². The van der Waals surface area contributed by atoms with Crippen LogP contribution < -0.4 is 5.56 Å². The predicted molar refractivity (Wildman–Crippen MR) is 124 cm³/mol. The summed E-state index contributed by atoms with van der Waals surface area (Å²) in [6.07, 6.45) is -0.120. The van der Waals surface area contributed by atoms with E-state index < -0.39 is 0 Å². The van der Waals surface area contributed by atoms with Crippen molar-refractivity contribution in [3.63, 3.8) is 0 Å². The van der Waals surface area contributed by atoms with Crippen LogP contribution in [0.15, 0.2) is 65.5 Å². The molecule has 0 bridgehead atoms. The van der Waals surface area contributed by atoms with Crippen molar-refractivity contribution in [3.8, 4) is 5.69 Å². The van der Waals surface area contributed by atoms with E-state index in [1.165, 1.54) is 0 Å². The molecular formula is C25H30N4O3. The number of carbonyl (C=O) groups excluding carboxylic acids is 1. The Morgan fingerprint density at radius 2 is 1.59 bits per heavy atom. The Morgan fingerprint density at radius 3 is 2.25 bits per heavy atom. The van der Waals surface area contributed by atoms with Crippen molar-refractivity contribution in [2.24, 2.45) is 7.05 Å². The Labute approximate surface area is 188 Å². The molecule has 1 aromatic heterocycles. The fourth-order valence-corrected chi connectivity index (χ4v) is 4.30. The Kier molecular flexibility index (Phi) is 6.58. The Bertz CT molecular complexity index is 1120. The first-order valence-electron chi connectivity index (χ1n) is 10.9. The average molecular weight is 435 g/mol. The van der Waals surface area contributed by atoms with Gasteiger partial charge in [-0.3, -0.25) is 19.2 Å². The number of methoxy groups -OCH3 is 1. The molecule has 1 atom stereocenters. The molecule has 1 aliphatic heterocycles. The molecule has 7 nitrogen and oxygen atoms in total. The first-order chi connectivity index (χ1) is 15.5. The van der Waals surface area contributed by atoms with E-state index in [2.05, 4.69) is 0 Å². The number of hydrogen-bond acceptors (Lipinski definition) is 4. The van der Waals surface area contributed by atoms with Crippen LogP contribution in [0.1, 0.15) is 16.8 Å². The number of hydrogen-bond donors (Lipinski definition) is 0. The van der Waals surface area contributed by atoms with Crippen molar-refractivity contribution >= 4 is 5.91 Å². The van der Waals surface area contributed by atoms with Crippen LogP contribution in [-0.4, -0.2) is 57.9 Å². The van der Waals surface area contributed by atoms with Gasteiger partial charge in [0.15, 0.2) is 0 Å². The third-order valence-electron chi connectivity index (χ3n) is 6.20. The average Bonchev–Trinajstić information content (AvgIpc) is 2.92. The van der Waals surface area contributed by atoms with Gasteiger partial charge in [-0.05, 0) is 24.6 Å². The number of ether oxygens (including phenoxy) is 1. The van der Waals surface area contributed by atoms with Gasteiger partial charge in [-0.2, -0.15) is 0 Å². The number of carbonyl (C=O) groups is 1. The second-order valence-electron chi connectivity index (χ2n) is 8.33. The number of nitrogens with zero attached hydrogens (tertiary/aromatic N) is 4. The van der Waals surface area contributed by atoms with Crippen LogP contribution in [-0.2, 0) is 29.7 Å². The maximum Gasteiger partial charge on any atom is 0.276 e. The lowest BCUT2D eigenvalue weighted by Gasteiger charge is -2.23. The van der Waals surface area contributed by atoms with Gasteiger partial charge in [0, 0.05) is 46.0 Å². The fraction of sp³-hybridized carbons (Fsp3) is 0.360. The minimum absolute atomic E-state index is 0.0466. The number of para-hydroxylation sites is 1. The highest BCUT2D eigenvalue weighted by Crippen LogP contribution is 2.16. The van der Waals surface area contributed by atoms with Gasteiger partial charge in [0.25, 0.3) is 5.56 Å². The van der Waals surface area contributed by atoms with Crippen LogP contribution in [0.5, 0.6) is 0 Å². The van der Waals surface area contributed by atoms with Crippen molar-refractivity contribution in [1.82, 2.24) is 19.2 Å². The van der Waals surface area contributed by atoms with Gasteiger partial charge in [0.2, 0.25) is 5.91 Å². The van der Waals surface area contributed by atoms with E-state index in [0.717, 1.165) is 16.9 Å². The summed E-state index contributed by atoms with van der Waals surface area (Å²) in [6.45, 7) is 4.29. The standard InChI is InChI=1S/C25H30N4O3/c1-19-23(25(31)29(26(19)2)21-12-8-5-9-13-21)17-27-15-22(32-3)16-28(24(30)18-27)14-20-10-6-4-7-11-20/h4-13,22H,14-18H2,1-3H3/t22-/m1/s1. The zero-order valence-electron chi connectivity index (χ0n) is 18.9. The molecule has 1 saturated heterocycles. The quantitative estimate of drug-likeness (QED) is 0.598. The van der Waals surface area contributed by atoms with Crippen molar-refractivity contribution < 1.29 is 9.53 Å². The zero-order valence-corrected chi connectivity index (χ0v) is 18.9. The number of aromatic nitrogens is 2. The van der Waals surface area contributed by atoms with Gasteiger partial charge in [-0.15, -0.1) is 0 Å². The van der Waals surface area contributed by atoms with Gasteiger partial charge in [0.05, 0.1) is 23.9 Å². The molecule has 2 heterocycles. The number of amides is 1. The van der Waals surface area contributed by atoms with Crippen LogP contribution in [0.3, 0.4) is 0 Å². The van der Waals surface area contributed by atoms with E-state index in [9.17, 15) is 9.59 Å². The molecule has 3 aromatic rings. The second kappa shape index (κ2) is 9.54. The molecule has 0 saturated carbocycles. The highest BCUT2D eigenvalue weighted by molar-refractivity contribution is 5.78. The van der Waals surface area contributed by atoms with Crippen LogP contribution in [0.2, 0.25) is 0 Å². The molecule has 2 aromatic carbocycles. The van der Waals surface area contributed by atoms with E-state index >= 15 is 0 Å². The SMILES string of the molecule is CO[C@@H]1CN(Cc2c(C)n(C)n(-c3ccccc3)c2=O)CC(=O)N(Cc2ccccc2)C1. The molecule has 4 rings (SSSR count). The lowest BCUT2D eigenvalue weighted by molar-refractivity contribution is -0.132. The Balaban J connectivity index is 1.57. The number of benzene rings is 2. The molecule has 0 radical (unpaired) electrons. The summed E-state index contributed by atoms with van der Waals surface area (Å²) >= 11 is 0. The highest BCUT2D eigenvalue weighted by atomic mass is 16.5. The monoisotopic (exact) mass is 434 g/mol. The molecule has 1 amide bonds. The Hall–Kier alpha value is -3.16. The molecule has 7 heteroatoms. The normalized spacial score (nSPS) is 17.5.